The zero-order chi connectivity index (χ0) is 44.7. The summed E-state index contributed by atoms with van der Waals surface area (Å²) in [6, 6.07) is 14.9. The average Bonchev–Trinajstić information content (AvgIpc) is 3.90. The Kier molecular flexibility index (Phi) is 14.1. The SMILES string of the molecule is C=C(CCCCCCC(=O)NCCOCCOCCNC(=O)c1ccc2c(c1)c1cn(C)nc1n2-c1ccc(C(F)(F)F)cc1)c1cccc2c1CN(C1CCC(=O)NC1=O)C2=O. The first-order valence-electron chi connectivity index (χ1n) is 21.1. The van der Waals surface area contributed by atoms with Gasteiger partial charge in [-0.1, -0.05) is 31.6 Å². The summed E-state index contributed by atoms with van der Waals surface area (Å²) in [6.07, 6.45) is 2.49. The second-order valence-electron chi connectivity index (χ2n) is 15.7. The van der Waals surface area contributed by atoms with Crippen LogP contribution in [0.3, 0.4) is 0 Å². The number of piperidine rings is 1. The molecular weight excluding hydrogens is 820 g/mol. The van der Waals surface area contributed by atoms with Crippen LogP contribution in [0.5, 0.6) is 0 Å². The number of unbranched alkanes of at least 4 members (excludes halogenated alkanes) is 3. The number of benzene rings is 3. The van der Waals surface area contributed by atoms with Crippen molar-refractivity contribution < 1.29 is 46.6 Å². The highest BCUT2D eigenvalue weighted by Crippen LogP contribution is 2.36. The first kappa shape index (κ1) is 44.7. The lowest BCUT2D eigenvalue weighted by Crippen LogP contribution is -2.52. The fraction of sp³-hybridized carbons (Fsp3) is 0.391. The van der Waals surface area contributed by atoms with E-state index >= 15 is 0 Å². The zero-order valence-corrected chi connectivity index (χ0v) is 35.0. The van der Waals surface area contributed by atoms with Crippen molar-refractivity contribution in [3.8, 4) is 5.69 Å². The molecule has 1 saturated heterocycles. The third-order valence-corrected chi connectivity index (χ3v) is 11.3. The third kappa shape index (κ3) is 10.5. The lowest BCUT2D eigenvalue weighted by molar-refractivity contribution is -0.138. The standard InChI is InChI=1S/C46H50F3N7O7/c1-29(33-9-7-10-34-36(33)28-55(45(34)61)39-18-19-41(58)52-44(39)60)8-5-3-4-6-11-40(57)50-20-22-62-24-25-63-23-21-51-43(59)30-12-17-38-35(26-30)37-27-54(2)53-42(37)56(38)32-15-13-31(14-16-32)46(47,48)49/h7,9-10,12-17,26-27,39H,1,3-6,8,11,18-25,28H2,2H3,(H,50,57)(H,51,59)(H,52,58,60). The minimum Gasteiger partial charge on any atom is -0.377 e. The number of halogens is 3. The van der Waals surface area contributed by atoms with Crippen LogP contribution in [0.25, 0.3) is 33.2 Å². The van der Waals surface area contributed by atoms with Crippen molar-refractivity contribution in [3.05, 3.63) is 101 Å². The van der Waals surface area contributed by atoms with Crippen LogP contribution in [0.1, 0.15) is 88.8 Å². The van der Waals surface area contributed by atoms with E-state index in [4.69, 9.17) is 9.47 Å². The number of imide groups is 1. The molecule has 2 aliphatic heterocycles. The number of hydrogen-bond acceptors (Lipinski definition) is 8. The van der Waals surface area contributed by atoms with Gasteiger partial charge in [-0.25, -0.2) is 0 Å². The summed E-state index contributed by atoms with van der Waals surface area (Å²) in [4.78, 5) is 64.0. The number of aromatic nitrogens is 3. The first-order valence-corrected chi connectivity index (χ1v) is 21.1. The molecule has 17 heteroatoms. The Morgan fingerprint density at radius 3 is 2.32 bits per heavy atom. The summed E-state index contributed by atoms with van der Waals surface area (Å²) < 4.78 is 54.1. The van der Waals surface area contributed by atoms with Gasteiger partial charge in [0.25, 0.3) is 11.8 Å². The molecule has 2 aliphatic rings. The number of allylic oxidation sites excluding steroid dienone is 1. The van der Waals surface area contributed by atoms with Gasteiger partial charge in [0.1, 0.15) is 6.04 Å². The summed E-state index contributed by atoms with van der Waals surface area (Å²) in [5.74, 6) is -1.30. The minimum atomic E-state index is -4.45. The number of fused-ring (bicyclic) bond motifs is 4. The van der Waals surface area contributed by atoms with Crippen LogP contribution < -0.4 is 16.0 Å². The molecule has 2 aromatic heterocycles. The number of carbonyl (C=O) groups excluding carboxylic acids is 5. The molecule has 63 heavy (non-hydrogen) atoms. The Labute approximate surface area is 361 Å². The Balaban J connectivity index is 0.730. The highest BCUT2D eigenvalue weighted by atomic mass is 19.4. The molecular formula is C46H50F3N7O7. The van der Waals surface area contributed by atoms with Crippen molar-refractivity contribution in [1.29, 1.82) is 0 Å². The molecule has 5 aromatic rings. The van der Waals surface area contributed by atoms with Crippen LogP contribution in [-0.2, 0) is 43.6 Å². The van der Waals surface area contributed by atoms with Crippen LogP contribution >= 0.6 is 0 Å². The summed E-state index contributed by atoms with van der Waals surface area (Å²) in [7, 11) is 1.75. The molecule has 0 aliphatic carbocycles. The molecule has 1 fully saturated rings. The van der Waals surface area contributed by atoms with Crippen LogP contribution in [0.4, 0.5) is 13.2 Å². The van der Waals surface area contributed by atoms with Crippen molar-refractivity contribution >= 4 is 57.0 Å². The van der Waals surface area contributed by atoms with E-state index < -0.39 is 23.7 Å². The maximum atomic E-state index is 13.2. The largest absolute Gasteiger partial charge is 0.416 e. The molecule has 1 unspecified atom stereocenters. The number of alkyl halides is 3. The van der Waals surface area contributed by atoms with E-state index in [1.54, 1.807) is 51.7 Å². The number of amides is 5. The second kappa shape index (κ2) is 19.8. The monoisotopic (exact) mass is 869 g/mol. The quantitative estimate of drug-likeness (QED) is 0.0612. The summed E-state index contributed by atoms with van der Waals surface area (Å²) in [5, 5.41) is 14.1. The molecule has 1 atom stereocenters. The maximum absolute atomic E-state index is 13.2. The highest BCUT2D eigenvalue weighted by Gasteiger charge is 2.40. The van der Waals surface area contributed by atoms with E-state index in [-0.39, 0.29) is 43.2 Å². The van der Waals surface area contributed by atoms with E-state index in [1.165, 1.54) is 12.1 Å². The van der Waals surface area contributed by atoms with E-state index in [0.29, 0.717) is 73.7 Å². The number of ether oxygens (including phenoxy) is 2. The van der Waals surface area contributed by atoms with Crippen molar-refractivity contribution in [2.24, 2.45) is 7.05 Å². The number of hydrogen-bond donors (Lipinski definition) is 3. The van der Waals surface area contributed by atoms with Crippen LogP contribution in [-0.4, -0.2) is 94.3 Å². The van der Waals surface area contributed by atoms with Gasteiger partial charge in [0.05, 0.1) is 37.5 Å². The summed E-state index contributed by atoms with van der Waals surface area (Å²) in [5.41, 5.74) is 4.74. The minimum absolute atomic E-state index is 0.0409. The number of nitrogens with zero attached hydrogens (tertiary/aromatic N) is 4. The average molecular weight is 870 g/mol. The van der Waals surface area contributed by atoms with Crippen LogP contribution in [0.15, 0.2) is 73.4 Å². The van der Waals surface area contributed by atoms with Gasteiger partial charge in [0.2, 0.25) is 17.7 Å². The smallest absolute Gasteiger partial charge is 0.377 e. The van der Waals surface area contributed by atoms with Crippen LogP contribution in [0, 0.1) is 0 Å². The fourth-order valence-corrected chi connectivity index (χ4v) is 8.14. The zero-order valence-electron chi connectivity index (χ0n) is 35.0. The number of nitrogens with one attached hydrogen (secondary N) is 3. The van der Waals surface area contributed by atoms with Crippen molar-refractivity contribution in [3.63, 3.8) is 0 Å². The summed E-state index contributed by atoms with van der Waals surface area (Å²) in [6.45, 7) is 6.46. The Bertz CT molecular complexity index is 2530. The van der Waals surface area contributed by atoms with E-state index in [9.17, 15) is 37.1 Å². The maximum Gasteiger partial charge on any atom is 0.416 e. The van der Waals surface area contributed by atoms with E-state index in [2.05, 4.69) is 27.6 Å². The molecule has 3 N–H and O–H groups in total. The Hall–Kier alpha value is -6.33. The van der Waals surface area contributed by atoms with E-state index in [1.807, 2.05) is 12.1 Å². The highest BCUT2D eigenvalue weighted by molar-refractivity contribution is 6.10. The van der Waals surface area contributed by atoms with Gasteiger partial charge < -0.3 is 25.0 Å². The normalized spacial score (nSPS) is 15.3. The Morgan fingerprint density at radius 1 is 0.889 bits per heavy atom. The third-order valence-electron chi connectivity index (χ3n) is 11.3. The van der Waals surface area contributed by atoms with Gasteiger partial charge in [0, 0.05) is 73.3 Å². The predicted molar refractivity (Wildman–Crippen MR) is 229 cm³/mol. The van der Waals surface area contributed by atoms with Crippen molar-refractivity contribution in [2.75, 3.05) is 39.5 Å². The van der Waals surface area contributed by atoms with E-state index in [0.717, 1.165) is 71.7 Å². The lowest BCUT2D eigenvalue weighted by atomic mass is 9.94. The molecule has 14 nitrogen and oxygen atoms in total. The van der Waals surface area contributed by atoms with Gasteiger partial charge in [-0.2, -0.15) is 18.3 Å². The molecule has 0 bridgehead atoms. The summed E-state index contributed by atoms with van der Waals surface area (Å²) >= 11 is 0. The molecule has 3 aromatic carbocycles. The number of rotatable bonds is 20. The van der Waals surface area contributed by atoms with Gasteiger partial charge in [-0.05, 0) is 90.9 Å². The van der Waals surface area contributed by atoms with Crippen molar-refractivity contribution in [2.45, 2.75) is 70.1 Å². The molecule has 0 radical (unpaired) electrons. The fourth-order valence-electron chi connectivity index (χ4n) is 8.14. The topological polar surface area (TPSA) is 166 Å². The number of carbonyl (C=O) groups is 5. The van der Waals surface area contributed by atoms with Gasteiger partial charge >= 0.3 is 6.18 Å². The first-order chi connectivity index (χ1) is 30.3. The Morgan fingerprint density at radius 2 is 1.60 bits per heavy atom. The molecule has 332 valence electrons. The van der Waals surface area contributed by atoms with Crippen molar-refractivity contribution in [1.82, 2.24) is 35.2 Å². The molecule has 7 rings (SSSR count). The molecule has 4 heterocycles. The molecule has 5 amide bonds. The lowest BCUT2D eigenvalue weighted by Gasteiger charge is -2.29. The molecule has 0 saturated carbocycles. The molecule has 0 spiro atoms. The second-order valence-corrected chi connectivity index (χ2v) is 15.7. The van der Waals surface area contributed by atoms with Gasteiger partial charge in [-0.3, -0.25) is 38.5 Å². The van der Waals surface area contributed by atoms with Crippen LogP contribution in [0.2, 0.25) is 0 Å². The van der Waals surface area contributed by atoms with Gasteiger partial charge in [0.15, 0.2) is 5.65 Å². The predicted octanol–water partition coefficient (Wildman–Crippen LogP) is 6.23. The number of aryl methyl sites for hydroxylation is 1. The van der Waals surface area contributed by atoms with Gasteiger partial charge in [-0.15, -0.1) is 0 Å².